The number of carbonyl (C=O) groups excluding carboxylic acids is 2. The molecule has 0 aromatic heterocycles. The zero-order valence-corrected chi connectivity index (χ0v) is 10.9. The Hall–Kier alpha value is -1.30. The first-order valence-corrected chi connectivity index (χ1v) is 5.84. The van der Waals surface area contributed by atoms with Gasteiger partial charge < -0.3 is 20.7 Å². The Morgan fingerprint density at radius 1 is 1.41 bits per heavy atom. The first-order chi connectivity index (χ1) is 7.97. The molecule has 0 aliphatic rings. The Morgan fingerprint density at radius 3 is 2.53 bits per heavy atom. The summed E-state index contributed by atoms with van der Waals surface area (Å²) in [4.78, 5) is 24.4. The second-order valence-corrected chi connectivity index (χ2v) is 4.18. The van der Waals surface area contributed by atoms with Gasteiger partial charge in [-0.25, -0.2) is 4.79 Å². The average Bonchev–Trinajstić information content (AvgIpc) is 2.23. The van der Waals surface area contributed by atoms with Crippen LogP contribution in [0.25, 0.3) is 0 Å². The minimum absolute atomic E-state index is 0.363. The van der Waals surface area contributed by atoms with Crippen molar-refractivity contribution >= 4 is 12.0 Å². The minimum Gasteiger partial charge on any atom is -0.450 e. The number of rotatable bonds is 8. The Balaban J connectivity index is 3.98. The van der Waals surface area contributed by atoms with Crippen molar-refractivity contribution < 1.29 is 14.3 Å². The number of nitrogens with two attached hydrogens (primary N) is 1. The van der Waals surface area contributed by atoms with Gasteiger partial charge in [0.05, 0.1) is 6.61 Å². The van der Waals surface area contributed by atoms with Gasteiger partial charge in [-0.05, 0) is 33.5 Å². The van der Waals surface area contributed by atoms with Gasteiger partial charge in [0.15, 0.2) is 0 Å². The average molecular weight is 245 g/mol. The highest BCUT2D eigenvalue weighted by molar-refractivity contribution is 5.84. The van der Waals surface area contributed by atoms with Crippen molar-refractivity contribution in [1.29, 1.82) is 0 Å². The van der Waals surface area contributed by atoms with E-state index in [0.29, 0.717) is 19.6 Å². The maximum atomic E-state index is 11.3. The Labute approximate surface area is 102 Å². The topological polar surface area (TPSA) is 84.7 Å². The molecule has 0 aliphatic heterocycles. The molecule has 3 N–H and O–H groups in total. The molecule has 0 spiro atoms. The third-order valence-corrected chi connectivity index (χ3v) is 2.23. The lowest BCUT2D eigenvalue weighted by atomic mass is 10.2. The van der Waals surface area contributed by atoms with Gasteiger partial charge in [0.1, 0.15) is 6.04 Å². The smallest absolute Gasteiger partial charge is 0.407 e. The third kappa shape index (κ3) is 8.50. The number of hydrogen-bond acceptors (Lipinski definition) is 4. The van der Waals surface area contributed by atoms with Gasteiger partial charge >= 0.3 is 6.09 Å². The molecule has 0 radical (unpaired) electrons. The van der Waals surface area contributed by atoms with Crippen LogP contribution in [0.1, 0.15) is 26.2 Å². The van der Waals surface area contributed by atoms with Crippen molar-refractivity contribution in [2.75, 3.05) is 27.2 Å². The summed E-state index contributed by atoms with van der Waals surface area (Å²) in [5.41, 5.74) is 5.20. The summed E-state index contributed by atoms with van der Waals surface area (Å²) >= 11 is 0. The van der Waals surface area contributed by atoms with Crippen LogP contribution >= 0.6 is 0 Å². The van der Waals surface area contributed by atoms with Gasteiger partial charge in [0, 0.05) is 0 Å². The lowest BCUT2D eigenvalue weighted by Crippen LogP contribution is -2.46. The van der Waals surface area contributed by atoms with E-state index < -0.39 is 18.0 Å². The summed E-state index contributed by atoms with van der Waals surface area (Å²) in [5.74, 6) is -0.542. The van der Waals surface area contributed by atoms with E-state index in [0.717, 1.165) is 12.8 Å². The first-order valence-electron chi connectivity index (χ1n) is 5.84. The van der Waals surface area contributed by atoms with E-state index >= 15 is 0 Å². The molecule has 0 saturated heterocycles. The summed E-state index contributed by atoms with van der Waals surface area (Å²) in [6.07, 6.45) is 1.66. The largest absolute Gasteiger partial charge is 0.450 e. The standard InChI is InChI=1S/C11H23N3O3/c1-4-5-8-17-11(16)13-9(10(12)15)6-7-14(2)3/h9H,4-8H2,1-3H3,(H2,12,15)(H,13,16). The zero-order chi connectivity index (χ0) is 13.3. The van der Waals surface area contributed by atoms with E-state index in [1.165, 1.54) is 0 Å². The van der Waals surface area contributed by atoms with Crippen LogP contribution < -0.4 is 11.1 Å². The lowest BCUT2D eigenvalue weighted by Gasteiger charge is -2.17. The highest BCUT2D eigenvalue weighted by Crippen LogP contribution is 1.95. The van der Waals surface area contributed by atoms with Crippen LogP contribution in [0.5, 0.6) is 0 Å². The monoisotopic (exact) mass is 245 g/mol. The molecule has 0 saturated carbocycles. The Bertz CT molecular complexity index is 244. The maximum absolute atomic E-state index is 11.3. The Kier molecular flexibility index (Phi) is 8.13. The van der Waals surface area contributed by atoms with E-state index in [-0.39, 0.29) is 0 Å². The number of nitrogens with one attached hydrogen (secondary N) is 1. The van der Waals surface area contributed by atoms with Crippen molar-refractivity contribution in [3.8, 4) is 0 Å². The zero-order valence-electron chi connectivity index (χ0n) is 10.9. The van der Waals surface area contributed by atoms with Gasteiger partial charge in [0.2, 0.25) is 5.91 Å². The van der Waals surface area contributed by atoms with Crippen LogP contribution in [0.2, 0.25) is 0 Å². The van der Waals surface area contributed by atoms with Gasteiger partial charge in [0.25, 0.3) is 0 Å². The fourth-order valence-corrected chi connectivity index (χ4v) is 1.17. The van der Waals surface area contributed by atoms with Gasteiger partial charge in [-0.3, -0.25) is 4.79 Å². The number of nitrogens with zero attached hydrogens (tertiary/aromatic N) is 1. The number of alkyl carbamates (subject to hydrolysis) is 1. The summed E-state index contributed by atoms with van der Waals surface area (Å²) in [6.45, 7) is 3.04. The van der Waals surface area contributed by atoms with Crippen molar-refractivity contribution in [2.45, 2.75) is 32.2 Å². The van der Waals surface area contributed by atoms with E-state index in [9.17, 15) is 9.59 Å². The number of amides is 2. The molecule has 0 aromatic rings. The molecular formula is C11H23N3O3. The third-order valence-electron chi connectivity index (χ3n) is 2.23. The fourth-order valence-electron chi connectivity index (χ4n) is 1.17. The molecule has 0 bridgehead atoms. The highest BCUT2D eigenvalue weighted by Gasteiger charge is 2.18. The maximum Gasteiger partial charge on any atom is 0.407 e. The van der Waals surface area contributed by atoms with E-state index in [1.54, 1.807) is 0 Å². The lowest BCUT2D eigenvalue weighted by molar-refractivity contribution is -0.120. The predicted octanol–water partition coefficient (Wildman–Crippen LogP) is 0.318. The number of unbranched alkanes of at least 4 members (excludes halogenated alkanes) is 1. The second-order valence-electron chi connectivity index (χ2n) is 4.18. The van der Waals surface area contributed by atoms with Crippen molar-refractivity contribution in [1.82, 2.24) is 10.2 Å². The van der Waals surface area contributed by atoms with E-state index in [1.807, 2.05) is 25.9 Å². The van der Waals surface area contributed by atoms with Crippen LogP contribution in [-0.2, 0) is 9.53 Å². The summed E-state index contributed by atoms with van der Waals surface area (Å²) in [5, 5.41) is 2.47. The minimum atomic E-state index is -0.675. The number of hydrogen-bond donors (Lipinski definition) is 2. The summed E-state index contributed by atoms with van der Waals surface area (Å²) < 4.78 is 4.90. The van der Waals surface area contributed by atoms with Crippen LogP contribution in [0, 0.1) is 0 Å². The van der Waals surface area contributed by atoms with Crippen LogP contribution in [0.4, 0.5) is 4.79 Å². The Morgan fingerprint density at radius 2 is 2.06 bits per heavy atom. The van der Waals surface area contributed by atoms with Crippen molar-refractivity contribution in [2.24, 2.45) is 5.73 Å². The molecule has 17 heavy (non-hydrogen) atoms. The molecular weight excluding hydrogens is 222 g/mol. The van der Waals surface area contributed by atoms with Crippen LogP contribution in [0.15, 0.2) is 0 Å². The SMILES string of the molecule is CCCCOC(=O)NC(CCN(C)C)C(N)=O. The molecule has 0 fully saturated rings. The van der Waals surface area contributed by atoms with E-state index in [2.05, 4.69) is 5.32 Å². The molecule has 0 aromatic carbocycles. The molecule has 0 aliphatic carbocycles. The van der Waals surface area contributed by atoms with Gasteiger partial charge in [-0.15, -0.1) is 0 Å². The van der Waals surface area contributed by atoms with Gasteiger partial charge in [-0.1, -0.05) is 13.3 Å². The first kappa shape index (κ1) is 15.7. The number of ether oxygens (including phenoxy) is 1. The quantitative estimate of drug-likeness (QED) is 0.603. The number of carbonyl (C=O) groups is 2. The fraction of sp³-hybridized carbons (Fsp3) is 0.818. The molecule has 0 rings (SSSR count). The normalized spacial score (nSPS) is 12.2. The number of primary amides is 1. The summed E-state index contributed by atoms with van der Waals surface area (Å²) in [6, 6.07) is -0.675. The van der Waals surface area contributed by atoms with Crippen molar-refractivity contribution in [3.05, 3.63) is 0 Å². The second kappa shape index (κ2) is 8.81. The van der Waals surface area contributed by atoms with Crippen LogP contribution in [-0.4, -0.2) is 50.2 Å². The molecule has 6 nitrogen and oxygen atoms in total. The summed E-state index contributed by atoms with van der Waals surface area (Å²) in [7, 11) is 3.77. The molecule has 100 valence electrons. The van der Waals surface area contributed by atoms with Gasteiger partial charge in [-0.2, -0.15) is 0 Å². The van der Waals surface area contributed by atoms with Crippen molar-refractivity contribution in [3.63, 3.8) is 0 Å². The van der Waals surface area contributed by atoms with Crippen LogP contribution in [0.3, 0.4) is 0 Å². The molecule has 2 amide bonds. The predicted molar refractivity (Wildman–Crippen MR) is 65.5 cm³/mol. The molecule has 1 unspecified atom stereocenters. The van der Waals surface area contributed by atoms with E-state index in [4.69, 9.17) is 10.5 Å². The molecule has 6 heteroatoms. The highest BCUT2D eigenvalue weighted by atomic mass is 16.5. The molecule has 1 atom stereocenters. The molecule has 0 heterocycles.